The summed E-state index contributed by atoms with van der Waals surface area (Å²) in [6.45, 7) is 0. The minimum Gasteiger partial charge on any atom is -0.507 e. The van der Waals surface area contributed by atoms with Crippen LogP contribution in [0, 0.1) is 0 Å². The summed E-state index contributed by atoms with van der Waals surface area (Å²) in [5.74, 6) is -0.323. The molecule has 0 radical (unpaired) electrons. The number of aldehydes is 1. The van der Waals surface area contributed by atoms with Gasteiger partial charge in [0.1, 0.15) is 17.2 Å². The Morgan fingerprint density at radius 1 is 1.27 bits per heavy atom. The van der Waals surface area contributed by atoms with Gasteiger partial charge in [0.2, 0.25) is 0 Å². The largest absolute Gasteiger partial charge is 0.507 e. The first-order valence-corrected chi connectivity index (χ1v) is 6.19. The molecule has 1 amide bonds. The van der Waals surface area contributed by atoms with E-state index < -0.39 is 5.91 Å². The Morgan fingerprint density at radius 3 is 2.36 bits per heavy atom. The summed E-state index contributed by atoms with van der Waals surface area (Å²) >= 11 is 0. The van der Waals surface area contributed by atoms with Crippen LogP contribution in [0.3, 0.4) is 0 Å². The summed E-state index contributed by atoms with van der Waals surface area (Å²) in [4.78, 5) is 24.4. The number of nitrogens with zero attached hydrogens (tertiary/aromatic N) is 1. The lowest BCUT2D eigenvalue weighted by Crippen LogP contribution is -2.11. The standard InChI is InChI=1S/C8H9NO3.C6H5NO.CH5N/c1-12-5-2-3-7(10)6(4-5)8(9)11;8-5-6-3-1-2-4-7-6;1-2/h2-4,10H,1H3,(H2,9,11);1-5H;2H2,1H3. The molecular formula is C15H19N3O4. The lowest BCUT2D eigenvalue weighted by atomic mass is 10.2. The van der Waals surface area contributed by atoms with Crippen molar-refractivity contribution in [2.45, 2.75) is 0 Å². The maximum Gasteiger partial charge on any atom is 0.252 e. The first-order valence-electron chi connectivity index (χ1n) is 6.19. The zero-order valence-electron chi connectivity index (χ0n) is 12.4. The molecule has 22 heavy (non-hydrogen) atoms. The molecule has 0 aliphatic heterocycles. The lowest BCUT2D eigenvalue weighted by molar-refractivity contribution is 0.0997. The van der Waals surface area contributed by atoms with Crippen molar-refractivity contribution in [2.75, 3.05) is 14.2 Å². The molecule has 118 valence electrons. The monoisotopic (exact) mass is 305 g/mol. The highest BCUT2D eigenvalue weighted by atomic mass is 16.5. The van der Waals surface area contributed by atoms with E-state index in [-0.39, 0.29) is 11.3 Å². The number of ether oxygens (including phenoxy) is 1. The van der Waals surface area contributed by atoms with Gasteiger partial charge in [-0.3, -0.25) is 14.6 Å². The van der Waals surface area contributed by atoms with E-state index in [0.29, 0.717) is 11.4 Å². The van der Waals surface area contributed by atoms with E-state index in [1.807, 2.05) is 0 Å². The fourth-order valence-corrected chi connectivity index (χ4v) is 1.29. The molecule has 2 rings (SSSR count). The number of nitrogens with two attached hydrogens (primary N) is 2. The molecule has 5 N–H and O–H groups in total. The average molecular weight is 305 g/mol. The minimum atomic E-state index is -0.675. The smallest absolute Gasteiger partial charge is 0.252 e. The molecule has 1 aromatic heterocycles. The number of hydrogen-bond acceptors (Lipinski definition) is 6. The van der Waals surface area contributed by atoms with Crippen LogP contribution in [-0.4, -0.2) is 36.4 Å². The van der Waals surface area contributed by atoms with E-state index >= 15 is 0 Å². The zero-order chi connectivity index (χ0) is 17.0. The predicted molar refractivity (Wildman–Crippen MR) is 82.9 cm³/mol. The van der Waals surface area contributed by atoms with Crippen LogP contribution < -0.4 is 16.2 Å². The Hall–Kier alpha value is -2.93. The van der Waals surface area contributed by atoms with Gasteiger partial charge in [0, 0.05) is 6.20 Å². The van der Waals surface area contributed by atoms with Gasteiger partial charge in [-0.2, -0.15) is 0 Å². The van der Waals surface area contributed by atoms with Crippen LogP contribution in [0.15, 0.2) is 42.6 Å². The second-order valence-corrected chi connectivity index (χ2v) is 3.62. The Labute approximate surface area is 128 Å². The quantitative estimate of drug-likeness (QED) is 0.725. The highest BCUT2D eigenvalue weighted by Crippen LogP contribution is 2.21. The number of aromatic nitrogens is 1. The molecule has 1 heterocycles. The first-order chi connectivity index (χ1) is 10.6. The zero-order valence-corrected chi connectivity index (χ0v) is 12.4. The number of amides is 1. The molecule has 0 atom stereocenters. The molecule has 7 nitrogen and oxygen atoms in total. The van der Waals surface area contributed by atoms with Crippen molar-refractivity contribution in [3.8, 4) is 11.5 Å². The Kier molecular flexibility index (Phi) is 9.37. The van der Waals surface area contributed by atoms with Crippen LogP contribution in [0.4, 0.5) is 0 Å². The van der Waals surface area contributed by atoms with Crippen molar-refractivity contribution in [3.63, 3.8) is 0 Å². The van der Waals surface area contributed by atoms with Gasteiger partial charge in [0.05, 0.1) is 12.7 Å². The molecule has 2 aromatic rings. The fraction of sp³-hybridized carbons (Fsp3) is 0.133. The number of phenols is 1. The number of hydrogen-bond donors (Lipinski definition) is 3. The summed E-state index contributed by atoms with van der Waals surface area (Å²) in [7, 11) is 2.97. The molecule has 0 saturated heterocycles. The van der Waals surface area contributed by atoms with Crippen LogP contribution >= 0.6 is 0 Å². The van der Waals surface area contributed by atoms with Gasteiger partial charge < -0.3 is 21.3 Å². The first kappa shape index (κ1) is 19.1. The van der Waals surface area contributed by atoms with Gasteiger partial charge in [0.25, 0.3) is 5.91 Å². The van der Waals surface area contributed by atoms with Crippen molar-refractivity contribution >= 4 is 12.2 Å². The normalized spacial score (nSPS) is 8.50. The number of pyridine rings is 1. The molecular weight excluding hydrogens is 286 g/mol. The molecule has 0 unspecified atom stereocenters. The van der Waals surface area contributed by atoms with E-state index in [0.717, 1.165) is 6.29 Å². The van der Waals surface area contributed by atoms with Gasteiger partial charge in [0.15, 0.2) is 6.29 Å². The molecule has 7 heteroatoms. The highest BCUT2D eigenvalue weighted by molar-refractivity contribution is 5.95. The topological polar surface area (TPSA) is 129 Å². The van der Waals surface area contributed by atoms with Gasteiger partial charge in [-0.1, -0.05) is 6.07 Å². The van der Waals surface area contributed by atoms with Crippen molar-refractivity contribution in [1.29, 1.82) is 0 Å². The van der Waals surface area contributed by atoms with Crippen molar-refractivity contribution in [3.05, 3.63) is 53.9 Å². The Bertz CT molecular complexity index is 589. The number of benzene rings is 1. The molecule has 0 fully saturated rings. The third-order valence-electron chi connectivity index (χ3n) is 2.28. The van der Waals surface area contributed by atoms with Crippen LogP contribution in [0.1, 0.15) is 20.8 Å². The molecule has 0 bridgehead atoms. The number of rotatable bonds is 3. The maximum atomic E-state index is 10.7. The summed E-state index contributed by atoms with van der Waals surface area (Å²) in [6, 6.07) is 9.50. The molecule has 1 aromatic carbocycles. The second-order valence-electron chi connectivity index (χ2n) is 3.62. The Balaban J connectivity index is 0.000000382. The molecule has 0 aliphatic rings. The average Bonchev–Trinajstić information content (AvgIpc) is 2.58. The number of aromatic hydroxyl groups is 1. The number of carbonyl (C=O) groups excluding carboxylic acids is 2. The Morgan fingerprint density at radius 2 is 1.95 bits per heavy atom. The van der Waals surface area contributed by atoms with Crippen LogP contribution in [0.2, 0.25) is 0 Å². The van der Waals surface area contributed by atoms with E-state index in [2.05, 4.69) is 10.7 Å². The maximum absolute atomic E-state index is 10.7. The third-order valence-corrected chi connectivity index (χ3v) is 2.28. The minimum absolute atomic E-state index is 0.0642. The predicted octanol–water partition coefficient (Wildman–Crippen LogP) is 0.969. The van der Waals surface area contributed by atoms with Gasteiger partial charge in [-0.05, 0) is 37.4 Å². The fourth-order valence-electron chi connectivity index (χ4n) is 1.29. The molecule has 0 spiro atoms. The van der Waals surface area contributed by atoms with E-state index in [1.165, 1.54) is 26.3 Å². The van der Waals surface area contributed by atoms with E-state index in [1.54, 1.807) is 30.5 Å². The second kappa shape index (κ2) is 10.8. The number of methoxy groups -OCH3 is 1. The highest BCUT2D eigenvalue weighted by Gasteiger charge is 2.07. The lowest BCUT2D eigenvalue weighted by Gasteiger charge is -2.02. The number of carbonyl (C=O) groups is 2. The summed E-state index contributed by atoms with van der Waals surface area (Å²) in [5, 5.41) is 9.14. The van der Waals surface area contributed by atoms with Gasteiger partial charge in [-0.15, -0.1) is 0 Å². The van der Waals surface area contributed by atoms with Gasteiger partial charge in [-0.25, -0.2) is 0 Å². The summed E-state index contributed by atoms with van der Waals surface area (Å²) < 4.78 is 4.84. The van der Waals surface area contributed by atoms with Crippen molar-refractivity contribution in [2.24, 2.45) is 11.5 Å². The van der Waals surface area contributed by atoms with E-state index in [4.69, 9.17) is 15.6 Å². The van der Waals surface area contributed by atoms with Crippen LogP contribution in [0.25, 0.3) is 0 Å². The van der Waals surface area contributed by atoms with Crippen molar-refractivity contribution in [1.82, 2.24) is 4.98 Å². The van der Waals surface area contributed by atoms with Gasteiger partial charge >= 0.3 is 0 Å². The summed E-state index contributed by atoms with van der Waals surface area (Å²) in [6.07, 6.45) is 2.31. The molecule has 0 saturated carbocycles. The van der Waals surface area contributed by atoms with Crippen LogP contribution in [0.5, 0.6) is 11.5 Å². The molecule has 0 aliphatic carbocycles. The van der Waals surface area contributed by atoms with E-state index in [9.17, 15) is 9.59 Å². The van der Waals surface area contributed by atoms with Crippen molar-refractivity contribution < 1.29 is 19.4 Å². The number of primary amides is 1. The third kappa shape index (κ3) is 6.49. The SMILES string of the molecule is CN.COc1ccc(O)c(C(N)=O)c1.O=Cc1ccccn1. The van der Waals surface area contributed by atoms with Crippen LogP contribution in [-0.2, 0) is 0 Å². The summed E-state index contributed by atoms with van der Waals surface area (Å²) in [5.41, 5.74) is 10.0.